The molecule has 0 aliphatic heterocycles. The van der Waals surface area contributed by atoms with Crippen LogP contribution in [-0.2, 0) is 19.6 Å². The van der Waals surface area contributed by atoms with Crippen LogP contribution < -0.4 is 5.32 Å². The van der Waals surface area contributed by atoms with Crippen molar-refractivity contribution in [2.75, 3.05) is 5.32 Å². The third-order valence-electron chi connectivity index (χ3n) is 4.01. The molecule has 0 aromatic carbocycles. The first kappa shape index (κ1) is 19.2. The smallest absolute Gasteiger partial charge is 0.272 e. The van der Waals surface area contributed by atoms with E-state index < -0.39 is 0 Å². The van der Waals surface area contributed by atoms with Gasteiger partial charge in [-0.15, -0.1) is 40.8 Å². The minimum atomic E-state index is -0.267. The van der Waals surface area contributed by atoms with Crippen molar-refractivity contribution in [2.24, 2.45) is 0 Å². The Bertz CT molecular complexity index is 1210. The number of hydrogen-bond acceptors (Lipinski definition) is 15. The average Bonchev–Trinajstić information content (AvgIpc) is 3.60. The zero-order valence-corrected chi connectivity index (χ0v) is 15.9. The summed E-state index contributed by atoms with van der Waals surface area (Å²) in [5.41, 5.74) is 0.865. The van der Waals surface area contributed by atoms with Gasteiger partial charge in [0.1, 0.15) is 5.82 Å². The maximum atomic E-state index is 9.28. The summed E-state index contributed by atoms with van der Waals surface area (Å²) >= 11 is 0. The Morgan fingerprint density at radius 2 is 1.44 bits per heavy atom. The lowest BCUT2D eigenvalue weighted by atomic mass is 10.4. The van der Waals surface area contributed by atoms with Crippen LogP contribution in [0.3, 0.4) is 0 Å². The lowest BCUT2D eigenvalue weighted by Crippen LogP contribution is -2.08. The largest absolute Gasteiger partial charge is 0.390 e. The third kappa shape index (κ3) is 3.70. The predicted octanol–water partition coefficient (Wildman–Crippen LogP) is -3.02. The van der Waals surface area contributed by atoms with E-state index >= 15 is 0 Å². The molecule has 5 aromatic rings. The maximum Gasteiger partial charge on any atom is 0.272 e. The molecule has 162 valence electrons. The van der Waals surface area contributed by atoms with Gasteiger partial charge in [-0.2, -0.15) is 19.3 Å². The van der Waals surface area contributed by atoms with Crippen LogP contribution in [0, 0.1) is 0 Å². The SMILES string of the molecule is OCc1cnnn1-c1n[nH]c(Cc2nnc(Nc3nc(-n4nncc4CO)n[nH]3)nn2)n1. The molecule has 5 aromatic heterocycles. The molecule has 0 aliphatic carbocycles. The van der Waals surface area contributed by atoms with Gasteiger partial charge in [0.25, 0.3) is 17.8 Å². The Labute approximate surface area is 176 Å². The normalized spacial score (nSPS) is 11.2. The first-order chi connectivity index (χ1) is 15.7. The van der Waals surface area contributed by atoms with Crippen LogP contribution in [0.15, 0.2) is 12.4 Å². The minimum Gasteiger partial charge on any atom is -0.390 e. The highest BCUT2D eigenvalue weighted by atomic mass is 16.3. The molecule has 19 heteroatoms. The molecule has 19 nitrogen and oxygen atoms in total. The number of nitrogens with one attached hydrogen (secondary N) is 3. The molecule has 5 rings (SSSR count). The molecule has 0 unspecified atom stereocenters. The molecule has 5 heterocycles. The standard InChI is InChI=1S/C13H13N17O2/c31-4-6-2-14-27-29(6)12-16-8(19-25-12)1-9-20-23-11(24-21-9)17-10-18-13(26-22-10)30-7(5-32)3-15-28-30/h2-3,31-32H,1,4-5H2,(H,16,19,25)(H2,17,18,22,23,24,26). The fourth-order valence-corrected chi connectivity index (χ4v) is 2.55. The Morgan fingerprint density at radius 3 is 2.09 bits per heavy atom. The molecule has 0 saturated carbocycles. The topological polar surface area (TPSA) is 249 Å². The van der Waals surface area contributed by atoms with Gasteiger partial charge in [-0.05, 0) is 0 Å². The fraction of sp³-hybridized carbons (Fsp3) is 0.231. The Balaban J connectivity index is 1.24. The fourth-order valence-electron chi connectivity index (χ4n) is 2.55. The lowest BCUT2D eigenvalue weighted by molar-refractivity contribution is 0.272. The van der Waals surface area contributed by atoms with Crippen LogP contribution in [0.4, 0.5) is 11.9 Å². The van der Waals surface area contributed by atoms with Gasteiger partial charge in [-0.3, -0.25) is 10.4 Å². The molecule has 0 atom stereocenters. The summed E-state index contributed by atoms with van der Waals surface area (Å²) in [5.74, 6) is 1.40. The van der Waals surface area contributed by atoms with Gasteiger partial charge in [0.05, 0.1) is 43.4 Å². The quantitative estimate of drug-likeness (QED) is 0.161. The summed E-state index contributed by atoms with van der Waals surface area (Å²) in [7, 11) is 0. The van der Waals surface area contributed by atoms with Crippen molar-refractivity contribution >= 4 is 11.9 Å². The van der Waals surface area contributed by atoms with Gasteiger partial charge >= 0.3 is 0 Å². The number of H-pyrrole nitrogens is 2. The number of aromatic nitrogens is 16. The molecule has 0 spiro atoms. The monoisotopic (exact) mass is 439 g/mol. The van der Waals surface area contributed by atoms with Gasteiger partial charge in [-0.1, -0.05) is 10.4 Å². The molecule has 0 saturated heterocycles. The second kappa shape index (κ2) is 8.16. The van der Waals surface area contributed by atoms with E-state index in [1.807, 2.05) is 0 Å². The Morgan fingerprint density at radius 1 is 0.812 bits per heavy atom. The van der Waals surface area contributed by atoms with Crippen molar-refractivity contribution in [1.82, 2.24) is 80.7 Å². The van der Waals surface area contributed by atoms with E-state index in [0.29, 0.717) is 17.2 Å². The molecule has 0 fully saturated rings. The van der Waals surface area contributed by atoms with E-state index in [1.54, 1.807) is 0 Å². The van der Waals surface area contributed by atoms with E-state index in [2.05, 4.69) is 76.7 Å². The summed E-state index contributed by atoms with van der Waals surface area (Å²) in [6.07, 6.45) is 2.99. The van der Waals surface area contributed by atoms with Crippen molar-refractivity contribution < 1.29 is 10.2 Å². The molecule has 5 N–H and O–H groups in total. The lowest BCUT2D eigenvalue weighted by Gasteiger charge is -1.99. The first-order valence-electron chi connectivity index (χ1n) is 8.92. The van der Waals surface area contributed by atoms with Crippen LogP contribution in [0.1, 0.15) is 23.0 Å². The third-order valence-corrected chi connectivity index (χ3v) is 4.01. The highest BCUT2D eigenvalue weighted by Gasteiger charge is 2.14. The molecule has 0 radical (unpaired) electrons. The molecule has 0 amide bonds. The predicted molar refractivity (Wildman–Crippen MR) is 98.2 cm³/mol. The van der Waals surface area contributed by atoms with Gasteiger partial charge in [-0.25, -0.2) is 5.10 Å². The number of nitrogens with zero attached hydrogens (tertiary/aromatic N) is 14. The number of aliphatic hydroxyl groups is 2. The van der Waals surface area contributed by atoms with Crippen molar-refractivity contribution in [1.29, 1.82) is 0 Å². The second-order valence-electron chi connectivity index (χ2n) is 6.10. The average molecular weight is 439 g/mol. The number of anilines is 2. The van der Waals surface area contributed by atoms with Crippen molar-refractivity contribution in [2.45, 2.75) is 19.6 Å². The van der Waals surface area contributed by atoms with Gasteiger partial charge in [0.15, 0.2) is 5.82 Å². The van der Waals surface area contributed by atoms with E-state index in [4.69, 9.17) is 0 Å². The minimum absolute atomic E-state index is 0.0749. The van der Waals surface area contributed by atoms with E-state index in [1.165, 1.54) is 21.8 Å². The number of rotatable bonds is 8. The highest BCUT2D eigenvalue weighted by molar-refractivity contribution is 5.41. The highest BCUT2D eigenvalue weighted by Crippen LogP contribution is 2.10. The van der Waals surface area contributed by atoms with E-state index in [9.17, 15) is 10.2 Å². The summed E-state index contributed by atoms with van der Waals surface area (Å²) < 4.78 is 2.58. The maximum absolute atomic E-state index is 9.28. The molecule has 0 aliphatic rings. The second-order valence-corrected chi connectivity index (χ2v) is 6.10. The first-order valence-corrected chi connectivity index (χ1v) is 8.92. The summed E-state index contributed by atoms with van der Waals surface area (Å²) in [6.45, 7) is -0.521. The molecule has 32 heavy (non-hydrogen) atoms. The van der Waals surface area contributed by atoms with Crippen molar-refractivity contribution in [3.8, 4) is 11.9 Å². The summed E-state index contributed by atoms with van der Waals surface area (Å²) in [6, 6.07) is 0. The van der Waals surface area contributed by atoms with Crippen LogP contribution in [0.2, 0.25) is 0 Å². The van der Waals surface area contributed by atoms with Gasteiger partial charge in [0, 0.05) is 0 Å². The van der Waals surface area contributed by atoms with Crippen LogP contribution in [-0.4, -0.2) is 91.0 Å². The van der Waals surface area contributed by atoms with E-state index in [0.717, 1.165) is 0 Å². The summed E-state index contributed by atoms with van der Waals surface area (Å²) in [5, 5.41) is 65.6. The van der Waals surface area contributed by atoms with Gasteiger partial charge < -0.3 is 10.2 Å². The van der Waals surface area contributed by atoms with Crippen LogP contribution in [0.25, 0.3) is 11.9 Å². The van der Waals surface area contributed by atoms with Crippen LogP contribution >= 0.6 is 0 Å². The Hall–Kier alpha value is -4.78. The van der Waals surface area contributed by atoms with Gasteiger partial charge in [0.2, 0.25) is 5.95 Å². The Kier molecular flexibility index (Phi) is 4.89. The summed E-state index contributed by atoms with van der Waals surface area (Å²) in [4.78, 5) is 8.43. The van der Waals surface area contributed by atoms with E-state index in [-0.39, 0.29) is 49.3 Å². The van der Waals surface area contributed by atoms with Crippen molar-refractivity contribution in [3.05, 3.63) is 35.4 Å². The molecular weight excluding hydrogens is 426 g/mol. The zero-order chi connectivity index (χ0) is 21.9. The number of aromatic amines is 2. The van der Waals surface area contributed by atoms with Crippen LogP contribution in [0.5, 0.6) is 0 Å². The number of aliphatic hydroxyl groups excluding tert-OH is 2. The molecular formula is C13H13N17O2. The zero-order valence-electron chi connectivity index (χ0n) is 15.9. The van der Waals surface area contributed by atoms with Crippen molar-refractivity contribution in [3.63, 3.8) is 0 Å². The molecule has 0 bridgehead atoms. The number of hydrogen-bond donors (Lipinski definition) is 5.